The van der Waals surface area contributed by atoms with Gasteiger partial charge in [-0.1, -0.05) is 0 Å². The number of hydrogen-bond acceptors (Lipinski definition) is 5. The van der Waals surface area contributed by atoms with E-state index in [4.69, 9.17) is 4.98 Å². The van der Waals surface area contributed by atoms with E-state index in [-0.39, 0.29) is 11.8 Å². The minimum absolute atomic E-state index is 0.0574. The van der Waals surface area contributed by atoms with Gasteiger partial charge in [-0.15, -0.1) is 11.3 Å². The van der Waals surface area contributed by atoms with Gasteiger partial charge in [0.05, 0.1) is 11.9 Å². The van der Waals surface area contributed by atoms with Crippen LogP contribution in [0.2, 0.25) is 0 Å². The number of piperidine rings is 1. The Morgan fingerprint density at radius 3 is 3.09 bits per heavy atom. The van der Waals surface area contributed by atoms with Crippen LogP contribution < -0.4 is 0 Å². The largest absolute Gasteiger partial charge is 0.337 e. The summed E-state index contributed by atoms with van der Waals surface area (Å²) in [7, 11) is 0. The number of carbonyl (C=O) groups is 1. The van der Waals surface area contributed by atoms with Gasteiger partial charge < -0.3 is 4.90 Å². The van der Waals surface area contributed by atoms with Crippen molar-refractivity contribution in [2.45, 2.75) is 32.6 Å². The molecule has 0 spiro atoms. The quantitative estimate of drug-likeness (QED) is 0.781. The summed E-state index contributed by atoms with van der Waals surface area (Å²) in [6.45, 7) is 5.59. The molecule has 1 amide bonds. The molecule has 0 saturated carbocycles. The second kappa shape index (κ2) is 5.45. The number of thiazole rings is 1. The average molecular weight is 330 g/mol. The molecule has 120 valence electrons. The first kappa shape index (κ1) is 14.4. The number of rotatable bonds is 2. The SMILES string of the molecule is Cc1csc2c(C3CCCN(C(=O)c4cn[nH]n4)C3)nc(C)n12. The van der Waals surface area contributed by atoms with Gasteiger partial charge in [0.1, 0.15) is 10.7 Å². The maximum absolute atomic E-state index is 12.5. The summed E-state index contributed by atoms with van der Waals surface area (Å²) in [5, 5.41) is 12.3. The number of aryl methyl sites for hydroxylation is 2. The fourth-order valence-electron chi connectivity index (χ4n) is 3.37. The normalized spacial score (nSPS) is 18.7. The number of carbonyl (C=O) groups excluding carboxylic acids is 1. The van der Waals surface area contributed by atoms with Crippen LogP contribution in [0.4, 0.5) is 0 Å². The first-order valence-electron chi connectivity index (χ1n) is 7.73. The second-order valence-corrected chi connectivity index (χ2v) is 6.87. The highest BCUT2D eigenvalue weighted by atomic mass is 32.1. The Morgan fingerprint density at radius 2 is 2.30 bits per heavy atom. The van der Waals surface area contributed by atoms with Gasteiger partial charge in [-0.2, -0.15) is 15.4 Å². The first-order valence-corrected chi connectivity index (χ1v) is 8.61. The number of aromatic nitrogens is 5. The monoisotopic (exact) mass is 330 g/mol. The van der Waals surface area contributed by atoms with Crippen molar-refractivity contribution in [3.05, 3.63) is 34.5 Å². The average Bonchev–Trinajstić information content (AvgIpc) is 3.27. The Labute approximate surface area is 137 Å². The number of aromatic amines is 1. The molecule has 0 aromatic carbocycles. The van der Waals surface area contributed by atoms with Crippen LogP contribution in [-0.2, 0) is 0 Å². The number of likely N-dealkylation sites (tertiary alicyclic amines) is 1. The van der Waals surface area contributed by atoms with Gasteiger partial charge >= 0.3 is 0 Å². The van der Waals surface area contributed by atoms with Gasteiger partial charge in [-0.05, 0) is 26.7 Å². The van der Waals surface area contributed by atoms with Crippen molar-refractivity contribution in [3.63, 3.8) is 0 Å². The lowest BCUT2D eigenvalue weighted by Gasteiger charge is -2.31. The Morgan fingerprint density at radius 1 is 1.43 bits per heavy atom. The van der Waals surface area contributed by atoms with Gasteiger partial charge in [0.2, 0.25) is 0 Å². The van der Waals surface area contributed by atoms with E-state index in [0.717, 1.165) is 30.9 Å². The van der Waals surface area contributed by atoms with Gasteiger partial charge in [0.25, 0.3) is 5.91 Å². The van der Waals surface area contributed by atoms with Crippen molar-refractivity contribution in [1.82, 2.24) is 29.7 Å². The maximum Gasteiger partial charge on any atom is 0.276 e. The van der Waals surface area contributed by atoms with Crippen molar-refractivity contribution < 1.29 is 4.79 Å². The van der Waals surface area contributed by atoms with Crippen molar-refractivity contribution in [3.8, 4) is 0 Å². The highest BCUT2D eigenvalue weighted by Gasteiger charge is 2.29. The van der Waals surface area contributed by atoms with E-state index in [1.807, 2.05) is 11.8 Å². The molecule has 0 bridgehead atoms. The molecule has 1 saturated heterocycles. The van der Waals surface area contributed by atoms with Crippen LogP contribution in [0.15, 0.2) is 11.6 Å². The summed E-state index contributed by atoms with van der Waals surface area (Å²) in [5.41, 5.74) is 2.72. The van der Waals surface area contributed by atoms with Crippen LogP contribution in [0.3, 0.4) is 0 Å². The van der Waals surface area contributed by atoms with Crippen LogP contribution >= 0.6 is 11.3 Å². The maximum atomic E-state index is 12.5. The molecule has 1 aliphatic rings. The number of fused-ring (bicyclic) bond motifs is 1. The fourth-order valence-corrected chi connectivity index (χ4v) is 4.48. The van der Waals surface area contributed by atoms with Crippen LogP contribution in [0.1, 0.15) is 46.5 Å². The molecule has 4 heterocycles. The first-order chi connectivity index (χ1) is 11.1. The Hall–Kier alpha value is -2.22. The highest BCUT2D eigenvalue weighted by molar-refractivity contribution is 7.15. The zero-order valence-electron chi connectivity index (χ0n) is 13.1. The number of amides is 1. The number of nitrogens with zero attached hydrogens (tertiary/aromatic N) is 5. The highest BCUT2D eigenvalue weighted by Crippen LogP contribution is 2.33. The predicted molar refractivity (Wildman–Crippen MR) is 86.8 cm³/mol. The molecule has 1 atom stereocenters. The van der Waals surface area contributed by atoms with E-state index in [1.165, 1.54) is 16.7 Å². The van der Waals surface area contributed by atoms with Crippen molar-refractivity contribution in [2.24, 2.45) is 0 Å². The van der Waals surface area contributed by atoms with E-state index in [1.54, 1.807) is 11.3 Å². The fraction of sp³-hybridized carbons (Fsp3) is 0.467. The lowest BCUT2D eigenvalue weighted by atomic mass is 9.95. The third-order valence-electron chi connectivity index (χ3n) is 4.45. The molecule has 1 unspecified atom stereocenters. The minimum Gasteiger partial charge on any atom is -0.337 e. The van der Waals surface area contributed by atoms with E-state index in [0.29, 0.717) is 12.2 Å². The van der Waals surface area contributed by atoms with Gasteiger partial charge in [0.15, 0.2) is 5.69 Å². The van der Waals surface area contributed by atoms with Crippen molar-refractivity contribution in [1.29, 1.82) is 0 Å². The van der Waals surface area contributed by atoms with Gasteiger partial charge in [-0.3, -0.25) is 9.20 Å². The number of imidazole rings is 1. The van der Waals surface area contributed by atoms with Gasteiger partial charge in [0, 0.05) is 30.1 Å². The molecule has 0 radical (unpaired) electrons. The molecule has 7 nitrogen and oxygen atoms in total. The zero-order chi connectivity index (χ0) is 16.0. The lowest BCUT2D eigenvalue weighted by Crippen LogP contribution is -2.39. The molecule has 4 rings (SSSR count). The summed E-state index contributed by atoms with van der Waals surface area (Å²) in [6.07, 6.45) is 3.52. The molecule has 1 fully saturated rings. The Kier molecular flexibility index (Phi) is 3.41. The third kappa shape index (κ3) is 2.33. The summed E-state index contributed by atoms with van der Waals surface area (Å²) >= 11 is 1.73. The molecular formula is C15H18N6OS. The predicted octanol–water partition coefficient (Wildman–Crippen LogP) is 2.15. The molecule has 0 aliphatic carbocycles. The van der Waals surface area contributed by atoms with Crippen LogP contribution in [-0.4, -0.2) is 48.7 Å². The van der Waals surface area contributed by atoms with Crippen molar-refractivity contribution >= 4 is 22.1 Å². The summed E-state index contributed by atoms with van der Waals surface area (Å²) < 4.78 is 2.21. The molecule has 23 heavy (non-hydrogen) atoms. The molecule has 1 aliphatic heterocycles. The summed E-state index contributed by atoms with van der Waals surface area (Å²) in [6, 6.07) is 0. The molecule has 8 heteroatoms. The van der Waals surface area contributed by atoms with E-state index >= 15 is 0 Å². The smallest absolute Gasteiger partial charge is 0.276 e. The van der Waals surface area contributed by atoms with Crippen LogP contribution in [0.5, 0.6) is 0 Å². The van der Waals surface area contributed by atoms with E-state index in [9.17, 15) is 4.79 Å². The van der Waals surface area contributed by atoms with E-state index < -0.39 is 0 Å². The summed E-state index contributed by atoms with van der Waals surface area (Å²) in [4.78, 5) is 20.4. The molecule has 1 N–H and O–H groups in total. The molecule has 3 aromatic rings. The lowest BCUT2D eigenvalue weighted by molar-refractivity contribution is 0.0700. The number of nitrogens with one attached hydrogen (secondary N) is 1. The van der Waals surface area contributed by atoms with Gasteiger partial charge in [-0.25, -0.2) is 4.98 Å². The topological polar surface area (TPSA) is 79.2 Å². The van der Waals surface area contributed by atoms with Crippen LogP contribution in [0.25, 0.3) is 4.83 Å². The Bertz CT molecular complexity index is 849. The number of hydrogen-bond donors (Lipinski definition) is 1. The molecular weight excluding hydrogens is 312 g/mol. The third-order valence-corrected chi connectivity index (χ3v) is 5.53. The van der Waals surface area contributed by atoms with Crippen molar-refractivity contribution in [2.75, 3.05) is 13.1 Å². The van der Waals surface area contributed by atoms with Crippen LogP contribution in [0, 0.1) is 13.8 Å². The Balaban J connectivity index is 1.63. The number of H-pyrrole nitrogens is 1. The minimum atomic E-state index is -0.0574. The summed E-state index contributed by atoms with van der Waals surface area (Å²) in [5.74, 6) is 1.24. The standard InChI is InChI=1S/C15H18N6OS/c1-9-8-23-15-13(17-10(2)21(9)15)11-4-3-5-20(7-11)14(22)12-6-16-19-18-12/h6,8,11H,3-5,7H2,1-2H3,(H,16,18,19). The zero-order valence-corrected chi connectivity index (χ0v) is 13.9. The molecule has 3 aromatic heterocycles. The second-order valence-electron chi connectivity index (χ2n) is 6.01. The van der Waals surface area contributed by atoms with E-state index in [2.05, 4.69) is 32.1 Å².